The van der Waals surface area contributed by atoms with Crippen molar-refractivity contribution in [1.82, 2.24) is 4.98 Å². The van der Waals surface area contributed by atoms with Crippen molar-refractivity contribution in [1.29, 1.82) is 0 Å². The highest BCUT2D eigenvalue weighted by Gasteiger charge is 2.37. The van der Waals surface area contributed by atoms with Crippen molar-refractivity contribution in [3.8, 4) is 0 Å². The number of benzene rings is 1. The van der Waals surface area contributed by atoms with E-state index in [2.05, 4.69) is 20.9 Å². The minimum Gasteiger partial charge on any atom is -0.299 e. The lowest BCUT2D eigenvalue weighted by Gasteiger charge is -2.15. The van der Waals surface area contributed by atoms with E-state index in [0.717, 1.165) is 4.47 Å². The first kappa shape index (κ1) is 13.3. The Kier molecular flexibility index (Phi) is 3.31. The van der Waals surface area contributed by atoms with Crippen molar-refractivity contribution < 1.29 is 9.59 Å². The number of ketones is 1. The van der Waals surface area contributed by atoms with Crippen LogP contribution < -0.4 is 4.90 Å². The Morgan fingerprint density at radius 3 is 2.70 bits per heavy atom. The van der Waals surface area contributed by atoms with E-state index in [9.17, 15) is 9.59 Å². The Morgan fingerprint density at radius 2 is 2.00 bits per heavy atom. The van der Waals surface area contributed by atoms with Crippen molar-refractivity contribution in [2.45, 2.75) is 6.54 Å². The summed E-state index contributed by atoms with van der Waals surface area (Å²) < 4.78 is 0.855. The van der Waals surface area contributed by atoms with Gasteiger partial charge >= 0.3 is 0 Å². The quantitative estimate of drug-likeness (QED) is 0.781. The fraction of sp³-hybridized carbons (Fsp3) is 0.0714. The smallest absolute Gasteiger partial charge is 0.299 e. The molecule has 2 heterocycles. The third-order valence-electron chi connectivity index (χ3n) is 3.06. The molecule has 0 saturated heterocycles. The summed E-state index contributed by atoms with van der Waals surface area (Å²) in [6, 6.07) is 8.67. The van der Waals surface area contributed by atoms with Gasteiger partial charge in [0.1, 0.15) is 0 Å². The fourth-order valence-corrected chi connectivity index (χ4v) is 2.61. The van der Waals surface area contributed by atoms with Gasteiger partial charge in [0.2, 0.25) is 0 Å². The number of halogens is 2. The van der Waals surface area contributed by atoms with E-state index in [0.29, 0.717) is 16.4 Å². The highest BCUT2D eigenvalue weighted by atomic mass is 79.9. The highest BCUT2D eigenvalue weighted by Crippen LogP contribution is 2.34. The van der Waals surface area contributed by atoms with Crippen LogP contribution in [0.2, 0.25) is 5.02 Å². The fourth-order valence-electron chi connectivity index (χ4n) is 2.12. The Bertz CT molecular complexity index is 716. The molecule has 1 aromatic heterocycles. The first-order valence-electron chi connectivity index (χ1n) is 5.83. The maximum Gasteiger partial charge on any atom is 0.299 e. The van der Waals surface area contributed by atoms with E-state index in [4.69, 9.17) is 11.6 Å². The van der Waals surface area contributed by atoms with E-state index < -0.39 is 11.7 Å². The molecule has 1 amide bonds. The Morgan fingerprint density at radius 1 is 1.20 bits per heavy atom. The van der Waals surface area contributed by atoms with Gasteiger partial charge in [-0.2, -0.15) is 0 Å². The maximum absolute atomic E-state index is 12.1. The Hall–Kier alpha value is -1.72. The van der Waals surface area contributed by atoms with Crippen molar-refractivity contribution >= 4 is 44.9 Å². The summed E-state index contributed by atoms with van der Waals surface area (Å²) >= 11 is 9.30. The highest BCUT2D eigenvalue weighted by molar-refractivity contribution is 9.10. The van der Waals surface area contributed by atoms with E-state index in [1.165, 1.54) is 4.90 Å². The molecule has 1 aromatic carbocycles. The molecular weight excluding hydrogens is 344 g/mol. The number of carbonyl (C=O) groups is 2. The number of fused-ring (bicyclic) bond motifs is 1. The molecule has 20 heavy (non-hydrogen) atoms. The molecule has 0 aliphatic carbocycles. The lowest BCUT2D eigenvalue weighted by atomic mass is 10.1. The molecule has 6 heteroatoms. The zero-order chi connectivity index (χ0) is 14.3. The Balaban J connectivity index is 1.99. The van der Waals surface area contributed by atoms with Crippen LogP contribution in [-0.4, -0.2) is 16.7 Å². The summed E-state index contributed by atoms with van der Waals surface area (Å²) in [5.74, 6) is -1.14. The number of nitrogens with zero attached hydrogens (tertiary/aromatic N) is 2. The second-order valence-electron chi connectivity index (χ2n) is 4.32. The van der Waals surface area contributed by atoms with Crippen molar-refractivity contribution in [2.75, 3.05) is 4.90 Å². The standard InChI is InChI=1S/C14H8BrClN2O2/c15-8-4-5-9(17-6-8)7-18-11-3-1-2-10(16)12(11)13(19)14(18)20/h1-6H,7H2. The van der Waals surface area contributed by atoms with Gasteiger partial charge in [0, 0.05) is 10.7 Å². The molecule has 4 nitrogen and oxygen atoms in total. The molecule has 3 rings (SSSR count). The normalized spacial score (nSPS) is 13.8. The number of rotatable bonds is 2. The minimum absolute atomic E-state index is 0.241. The van der Waals surface area contributed by atoms with Crippen LogP contribution in [0.4, 0.5) is 5.69 Å². The summed E-state index contributed by atoms with van der Waals surface area (Å²) in [6.07, 6.45) is 1.65. The molecule has 1 aliphatic rings. The largest absolute Gasteiger partial charge is 0.299 e. The van der Waals surface area contributed by atoms with Crippen LogP contribution in [0, 0.1) is 0 Å². The van der Waals surface area contributed by atoms with Gasteiger partial charge < -0.3 is 0 Å². The summed E-state index contributed by atoms with van der Waals surface area (Å²) in [5, 5.41) is 0.298. The molecule has 0 bridgehead atoms. The van der Waals surface area contributed by atoms with Crippen LogP contribution in [0.5, 0.6) is 0 Å². The van der Waals surface area contributed by atoms with E-state index in [1.807, 2.05) is 6.07 Å². The van der Waals surface area contributed by atoms with Gasteiger partial charge in [-0.3, -0.25) is 19.5 Å². The number of hydrogen-bond acceptors (Lipinski definition) is 3. The zero-order valence-electron chi connectivity index (χ0n) is 10.1. The van der Waals surface area contributed by atoms with Gasteiger partial charge in [0.15, 0.2) is 0 Å². The van der Waals surface area contributed by atoms with Crippen molar-refractivity contribution in [2.24, 2.45) is 0 Å². The number of Topliss-reactive ketones (excluding diaryl/α,β-unsaturated/α-hetero) is 1. The predicted molar refractivity (Wildman–Crippen MR) is 78.9 cm³/mol. The number of carbonyl (C=O) groups excluding carboxylic acids is 2. The van der Waals surface area contributed by atoms with Crippen LogP contribution in [-0.2, 0) is 11.3 Å². The lowest BCUT2D eigenvalue weighted by molar-refractivity contribution is -0.114. The first-order valence-corrected chi connectivity index (χ1v) is 7.00. The lowest BCUT2D eigenvalue weighted by Crippen LogP contribution is -2.29. The van der Waals surface area contributed by atoms with Crippen LogP contribution in [0.25, 0.3) is 0 Å². The van der Waals surface area contributed by atoms with Gasteiger partial charge in [0.05, 0.1) is 28.5 Å². The molecule has 0 radical (unpaired) electrons. The second-order valence-corrected chi connectivity index (χ2v) is 5.65. The average molecular weight is 352 g/mol. The zero-order valence-corrected chi connectivity index (χ0v) is 12.5. The number of aromatic nitrogens is 1. The molecule has 0 atom stereocenters. The van der Waals surface area contributed by atoms with Gasteiger partial charge in [-0.05, 0) is 40.2 Å². The minimum atomic E-state index is -0.571. The maximum atomic E-state index is 12.1. The van der Waals surface area contributed by atoms with Crippen LogP contribution in [0.15, 0.2) is 41.0 Å². The average Bonchev–Trinajstić information content (AvgIpc) is 2.67. The second kappa shape index (κ2) is 5.00. The topological polar surface area (TPSA) is 50.3 Å². The predicted octanol–water partition coefficient (Wildman–Crippen LogP) is 3.23. The first-order chi connectivity index (χ1) is 9.58. The third kappa shape index (κ3) is 2.13. The number of hydrogen-bond donors (Lipinski definition) is 0. The Labute approximate surface area is 128 Å². The summed E-state index contributed by atoms with van der Waals surface area (Å²) in [6.45, 7) is 0.241. The van der Waals surface area contributed by atoms with Crippen LogP contribution >= 0.6 is 27.5 Å². The van der Waals surface area contributed by atoms with Crippen LogP contribution in [0.3, 0.4) is 0 Å². The molecule has 1 aliphatic heterocycles. The molecule has 0 spiro atoms. The number of anilines is 1. The molecule has 0 unspecified atom stereocenters. The van der Waals surface area contributed by atoms with E-state index in [-0.39, 0.29) is 12.1 Å². The molecular formula is C14H8BrClN2O2. The summed E-state index contributed by atoms with van der Waals surface area (Å²) in [7, 11) is 0. The van der Waals surface area contributed by atoms with Gasteiger partial charge in [0.25, 0.3) is 11.7 Å². The molecule has 2 aromatic rings. The van der Waals surface area contributed by atoms with Crippen LogP contribution in [0.1, 0.15) is 16.1 Å². The molecule has 0 saturated carbocycles. The third-order valence-corrected chi connectivity index (χ3v) is 3.84. The van der Waals surface area contributed by atoms with Gasteiger partial charge in [-0.1, -0.05) is 17.7 Å². The monoisotopic (exact) mass is 350 g/mol. The molecule has 100 valence electrons. The van der Waals surface area contributed by atoms with Gasteiger partial charge in [-0.15, -0.1) is 0 Å². The number of amides is 1. The number of pyridine rings is 1. The summed E-state index contributed by atoms with van der Waals surface area (Å²) in [5.41, 5.74) is 1.51. The van der Waals surface area contributed by atoms with Crippen molar-refractivity contribution in [3.05, 3.63) is 57.3 Å². The van der Waals surface area contributed by atoms with E-state index >= 15 is 0 Å². The van der Waals surface area contributed by atoms with Crippen molar-refractivity contribution in [3.63, 3.8) is 0 Å². The molecule has 0 fully saturated rings. The SMILES string of the molecule is O=C1C(=O)N(Cc2ccc(Br)cn2)c2cccc(Cl)c21. The molecule has 0 N–H and O–H groups in total. The van der Waals surface area contributed by atoms with Gasteiger partial charge in [-0.25, -0.2) is 0 Å². The van der Waals surface area contributed by atoms with E-state index in [1.54, 1.807) is 30.5 Å². The summed E-state index contributed by atoms with van der Waals surface area (Å²) in [4.78, 5) is 29.6.